The highest BCUT2D eigenvalue weighted by molar-refractivity contribution is 5.81. The fourth-order valence-corrected chi connectivity index (χ4v) is 1.87. The average Bonchev–Trinajstić information content (AvgIpc) is 2.59. The molecule has 0 unspecified atom stereocenters. The number of carbonyl (C=O) groups is 2. The van der Waals surface area contributed by atoms with Gasteiger partial charge >= 0.3 is 0 Å². The van der Waals surface area contributed by atoms with E-state index >= 15 is 0 Å². The molecule has 0 aromatic heterocycles. The van der Waals surface area contributed by atoms with Crippen molar-refractivity contribution in [2.45, 2.75) is 6.54 Å². The summed E-state index contributed by atoms with van der Waals surface area (Å²) in [6.07, 6.45) is 0.633. The molecule has 0 spiro atoms. The zero-order valence-corrected chi connectivity index (χ0v) is 12.5. The van der Waals surface area contributed by atoms with Crippen molar-refractivity contribution in [3.63, 3.8) is 0 Å². The molecule has 120 valence electrons. The van der Waals surface area contributed by atoms with Crippen LogP contribution in [0.15, 0.2) is 42.5 Å². The second kappa shape index (κ2) is 7.93. The van der Waals surface area contributed by atoms with Crippen molar-refractivity contribution in [1.29, 1.82) is 0 Å². The number of benzene rings is 2. The first-order valence-electron chi connectivity index (χ1n) is 6.89. The maximum absolute atomic E-state index is 12.8. The molecule has 2 aromatic rings. The maximum atomic E-state index is 12.8. The first-order chi connectivity index (χ1) is 11.1. The molecule has 0 saturated carbocycles. The van der Waals surface area contributed by atoms with Crippen LogP contribution in [0.5, 0.6) is 11.5 Å². The third-order valence-corrected chi connectivity index (χ3v) is 3.11. The SMILES string of the molecule is COc1ccc(OCC(=O)NCc2ccc(F)cc2)c(C=O)c1. The Morgan fingerprint density at radius 2 is 1.96 bits per heavy atom. The van der Waals surface area contributed by atoms with Gasteiger partial charge in [0.1, 0.15) is 17.3 Å². The molecule has 2 aromatic carbocycles. The van der Waals surface area contributed by atoms with Crippen molar-refractivity contribution < 1.29 is 23.5 Å². The first-order valence-corrected chi connectivity index (χ1v) is 6.89. The molecule has 5 nitrogen and oxygen atoms in total. The Kier molecular flexibility index (Phi) is 5.68. The minimum atomic E-state index is -0.345. The van der Waals surface area contributed by atoms with Crippen molar-refractivity contribution in [3.05, 3.63) is 59.4 Å². The Morgan fingerprint density at radius 3 is 2.61 bits per heavy atom. The highest BCUT2D eigenvalue weighted by Gasteiger charge is 2.08. The van der Waals surface area contributed by atoms with E-state index in [4.69, 9.17) is 9.47 Å². The summed E-state index contributed by atoms with van der Waals surface area (Å²) in [7, 11) is 1.49. The predicted octanol–water partition coefficient (Wildman–Crippen LogP) is 2.34. The van der Waals surface area contributed by atoms with Crippen molar-refractivity contribution >= 4 is 12.2 Å². The number of rotatable bonds is 7. The highest BCUT2D eigenvalue weighted by Crippen LogP contribution is 2.22. The van der Waals surface area contributed by atoms with Crippen molar-refractivity contribution in [3.8, 4) is 11.5 Å². The Morgan fingerprint density at radius 1 is 1.22 bits per heavy atom. The van der Waals surface area contributed by atoms with Crippen molar-refractivity contribution in [2.24, 2.45) is 0 Å². The molecule has 0 heterocycles. The van der Waals surface area contributed by atoms with Gasteiger partial charge in [0.05, 0.1) is 12.7 Å². The summed E-state index contributed by atoms with van der Waals surface area (Å²) in [5.74, 6) is 0.157. The van der Waals surface area contributed by atoms with Gasteiger partial charge in [0.25, 0.3) is 5.91 Å². The van der Waals surface area contributed by atoms with Crippen LogP contribution in [0.25, 0.3) is 0 Å². The van der Waals surface area contributed by atoms with E-state index in [2.05, 4.69) is 5.32 Å². The van der Waals surface area contributed by atoms with Crippen LogP contribution in [0.2, 0.25) is 0 Å². The summed E-state index contributed by atoms with van der Waals surface area (Å²) in [6.45, 7) is 0.0417. The number of nitrogens with one attached hydrogen (secondary N) is 1. The van der Waals surface area contributed by atoms with Gasteiger partial charge in [-0.15, -0.1) is 0 Å². The smallest absolute Gasteiger partial charge is 0.258 e. The molecule has 23 heavy (non-hydrogen) atoms. The summed E-state index contributed by atoms with van der Waals surface area (Å²) in [4.78, 5) is 22.8. The first kappa shape index (κ1) is 16.5. The van der Waals surface area contributed by atoms with Crippen LogP contribution >= 0.6 is 0 Å². The fourth-order valence-electron chi connectivity index (χ4n) is 1.87. The number of hydrogen-bond acceptors (Lipinski definition) is 4. The van der Waals surface area contributed by atoms with Gasteiger partial charge in [0.15, 0.2) is 12.9 Å². The monoisotopic (exact) mass is 317 g/mol. The lowest BCUT2D eigenvalue weighted by atomic mass is 10.2. The Bertz CT molecular complexity index is 685. The van der Waals surface area contributed by atoms with Crippen LogP contribution in [0.1, 0.15) is 15.9 Å². The molecule has 2 rings (SSSR count). The molecule has 0 aliphatic heterocycles. The lowest BCUT2D eigenvalue weighted by Crippen LogP contribution is -2.28. The van der Waals surface area contributed by atoms with E-state index in [9.17, 15) is 14.0 Å². The number of carbonyl (C=O) groups excluding carboxylic acids is 2. The minimum Gasteiger partial charge on any atom is -0.497 e. The van der Waals surface area contributed by atoms with E-state index in [1.165, 1.54) is 25.3 Å². The van der Waals surface area contributed by atoms with Crippen molar-refractivity contribution in [2.75, 3.05) is 13.7 Å². The van der Waals surface area contributed by atoms with Crippen LogP contribution in [0.3, 0.4) is 0 Å². The van der Waals surface area contributed by atoms with E-state index in [0.29, 0.717) is 23.3 Å². The van der Waals surface area contributed by atoms with E-state index in [0.717, 1.165) is 5.56 Å². The Balaban J connectivity index is 1.86. The summed E-state index contributed by atoms with van der Waals surface area (Å²) in [5, 5.41) is 2.65. The van der Waals surface area contributed by atoms with Gasteiger partial charge in [-0.25, -0.2) is 4.39 Å². The lowest BCUT2D eigenvalue weighted by molar-refractivity contribution is -0.123. The average molecular weight is 317 g/mol. The zero-order chi connectivity index (χ0) is 16.7. The number of methoxy groups -OCH3 is 1. The molecule has 0 saturated heterocycles. The molecule has 1 N–H and O–H groups in total. The largest absolute Gasteiger partial charge is 0.497 e. The van der Waals surface area contributed by atoms with Gasteiger partial charge < -0.3 is 14.8 Å². The standard InChI is InChI=1S/C17H16FNO4/c1-22-15-6-7-16(13(8-15)10-20)23-11-17(21)19-9-12-2-4-14(18)5-3-12/h2-8,10H,9,11H2,1H3,(H,19,21). The molecule has 6 heteroatoms. The topological polar surface area (TPSA) is 64.6 Å². The van der Waals surface area contributed by atoms with E-state index < -0.39 is 0 Å². The summed E-state index contributed by atoms with van der Waals surface area (Å²) >= 11 is 0. The van der Waals surface area contributed by atoms with Gasteiger partial charge in [-0.05, 0) is 35.9 Å². The van der Waals surface area contributed by atoms with Crippen LogP contribution in [0.4, 0.5) is 4.39 Å². The quantitative estimate of drug-likeness (QED) is 0.796. The Labute approximate surface area is 133 Å². The summed E-state index contributed by atoms with van der Waals surface area (Å²) < 4.78 is 23.1. The van der Waals surface area contributed by atoms with E-state index in [1.807, 2.05) is 0 Å². The fraction of sp³-hybridized carbons (Fsp3) is 0.176. The van der Waals surface area contributed by atoms with Crippen LogP contribution < -0.4 is 14.8 Å². The van der Waals surface area contributed by atoms with Crippen molar-refractivity contribution in [1.82, 2.24) is 5.32 Å². The van der Waals surface area contributed by atoms with Gasteiger partial charge in [0, 0.05) is 6.54 Å². The van der Waals surface area contributed by atoms with Gasteiger partial charge in [-0.3, -0.25) is 9.59 Å². The van der Waals surface area contributed by atoms with Gasteiger partial charge in [-0.1, -0.05) is 12.1 Å². The normalized spacial score (nSPS) is 10.0. The molecule has 0 aliphatic rings. The molecule has 0 bridgehead atoms. The Hall–Kier alpha value is -2.89. The number of halogens is 1. The lowest BCUT2D eigenvalue weighted by Gasteiger charge is -2.10. The van der Waals surface area contributed by atoms with E-state index in [1.54, 1.807) is 24.3 Å². The summed E-state index contributed by atoms with van der Waals surface area (Å²) in [6, 6.07) is 10.6. The number of aldehydes is 1. The molecule has 0 aliphatic carbocycles. The van der Waals surface area contributed by atoms with Gasteiger partial charge in [0.2, 0.25) is 0 Å². The van der Waals surface area contributed by atoms with Crippen LogP contribution in [0, 0.1) is 5.82 Å². The van der Waals surface area contributed by atoms with Gasteiger partial charge in [-0.2, -0.15) is 0 Å². The molecule has 1 amide bonds. The molecule has 0 radical (unpaired) electrons. The second-order valence-electron chi connectivity index (χ2n) is 4.71. The third kappa shape index (κ3) is 4.81. The highest BCUT2D eigenvalue weighted by atomic mass is 19.1. The van der Waals surface area contributed by atoms with Crippen LogP contribution in [-0.2, 0) is 11.3 Å². The second-order valence-corrected chi connectivity index (χ2v) is 4.71. The third-order valence-electron chi connectivity index (χ3n) is 3.11. The number of ether oxygens (including phenoxy) is 2. The minimum absolute atomic E-state index is 0.228. The molecular formula is C17H16FNO4. The number of amides is 1. The number of hydrogen-bond donors (Lipinski definition) is 1. The van der Waals surface area contributed by atoms with E-state index in [-0.39, 0.29) is 24.9 Å². The zero-order valence-electron chi connectivity index (χ0n) is 12.5. The van der Waals surface area contributed by atoms with Crippen LogP contribution in [-0.4, -0.2) is 25.9 Å². The molecule has 0 fully saturated rings. The maximum Gasteiger partial charge on any atom is 0.258 e. The molecular weight excluding hydrogens is 301 g/mol. The summed E-state index contributed by atoms with van der Waals surface area (Å²) in [5.41, 5.74) is 1.08. The predicted molar refractivity (Wildman–Crippen MR) is 82.1 cm³/mol. The molecule has 0 atom stereocenters.